The summed E-state index contributed by atoms with van der Waals surface area (Å²) < 4.78 is 21.5. The van der Waals surface area contributed by atoms with Crippen molar-refractivity contribution in [1.29, 1.82) is 0 Å². The number of methoxy groups -OCH3 is 4. The first-order valence-corrected chi connectivity index (χ1v) is 12.2. The van der Waals surface area contributed by atoms with Crippen LogP contribution in [0.2, 0.25) is 0 Å². The van der Waals surface area contributed by atoms with Crippen LogP contribution in [0, 0.1) is 0 Å². The highest BCUT2D eigenvalue weighted by Gasteiger charge is 2.21. The minimum atomic E-state index is -0.0991. The van der Waals surface area contributed by atoms with Crippen LogP contribution >= 0.6 is 0 Å². The van der Waals surface area contributed by atoms with Crippen molar-refractivity contribution in [2.45, 2.75) is 0 Å². The molecule has 2 aromatic carbocycles. The van der Waals surface area contributed by atoms with E-state index >= 15 is 0 Å². The third-order valence-corrected chi connectivity index (χ3v) is 6.06. The quantitative estimate of drug-likeness (QED) is 0.346. The fourth-order valence-corrected chi connectivity index (χ4v) is 4.03. The lowest BCUT2D eigenvalue weighted by Crippen LogP contribution is -2.49. The largest absolute Gasteiger partial charge is 0.496 e. The molecule has 2 amide bonds. The van der Waals surface area contributed by atoms with E-state index in [0.29, 0.717) is 49.2 Å². The van der Waals surface area contributed by atoms with E-state index in [4.69, 9.17) is 18.9 Å². The molecule has 8 heteroatoms. The summed E-state index contributed by atoms with van der Waals surface area (Å²) in [6, 6.07) is 11.1. The average Bonchev–Trinajstić information content (AvgIpc) is 2.96. The molecule has 8 nitrogen and oxygen atoms in total. The maximum Gasteiger partial charge on any atom is 0.246 e. The van der Waals surface area contributed by atoms with Gasteiger partial charge in [0.2, 0.25) is 11.8 Å². The Labute approximate surface area is 224 Å². The van der Waals surface area contributed by atoms with Crippen molar-refractivity contribution in [3.8, 4) is 23.0 Å². The van der Waals surface area contributed by atoms with E-state index in [9.17, 15) is 9.59 Å². The van der Waals surface area contributed by atoms with Gasteiger partial charge < -0.3 is 28.7 Å². The molecule has 0 saturated carbocycles. The lowest BCUT2D eigenvalue weighted by molar-refractivity contribution is -0.134. The molecule has 0 radical (unpaired) electrons. The lowest BCUT2D eigenvalue weighted by atomic mass is 10.1. The summed E-state index contributed by atoms with van der Waals surface area (Å²) >= 11 is 0. The van der Waals surface area contributed by atoms with Gasteiger partial charge in [-0.25, -0.2) is 0 Å². The second-order valence-corrected chi connectivity index (χ2v) is 8.24. The van der Waals surface area contributed by atoms with Crippen molar-refractivity contribution in [3.05, 3.63) is 84.0 Å². The van der Waals surface area contributed by atoms with Gasteiger partial charge in [0.05, 0.1) is 39.6 Å². The van der Waals surface area contributed by atoms with Crippen LogP contribution in [0.4, 0.5) is 0 Å². The number of benzene rings is 2. The van der Waals surface area contributed by atoms with Gasteiger partial charge in [0.15, 0.2) is 0 Å². The summed E-state index contributed by atoms with van der Waals surface area (Å²) in [6.07, 6.45) is 13.6. The number of nitrogens with zero attached hydrogens (tertiary/aromatic N) is 2. The number of hydrogen-bond acceptors (Lipinski definition) is 6. The van der Waals surface area contributed by atoms with Crippen molar-refractivity contribution in [3.63, 3.8) is 0 Å². The summed E-state index contributed by atoms with van der Waals surface area (Å²) in [7, 11) is 6.40. The second-order valence-electron chi connectivity index (χ2n) is 8.24. The Hall–Kier alpha value is -4.46. The van der Waals surface area contributed by atoms with Gasteiger partial charge in [-0.3, -0.25) is 9.59 Å². The zero-order chi connectivity index (χ0) is 27.3. The number of carbonyl (C=O) groups is 2. The maximum absolute atomic E-state index is 12.6. The zero-order valence-corrected chi connectivity index (χ0v) is 22.3. The topological polar surface area (TPSA) is 77.5 Å². The average molecular weight is 519 g/mol. The van der Waals surface area contributed by atoms with Crippen LogP contribution in [-0.2, 0) is 9.59 Å². The predicted molar refractivity (Wildman–Crippen MR) is 149 cm³/mol. The number of allylic oxidation sites excluding steroid dienone is 4. The number of ether oxygens (including phenoxy) is 4. The highest BCUT2D eigenvalue weighted by molar-refractivity contribution is 5.90. The Balaban J connectivity index is 1.50. The summed E-state index contributed by atoms with van der Waals surface area (Å²) in [5.74, 6) is 2.54. The van der Waals surface area contributed by atoms with E-state index in [1.807, 2.05) is 48.6 Å². The van der Waals surface area contributed by atoms with Gasteiger partial charge >= 0.3 is 0 Å². The van der Waals surface area contributed by atoms with Crippen molar-refractivity contribution < 1.29 is 28.5 Å². The molecule has 0 N–H and O–H groups in total. The number of hydrogen-bond donors (Lipinski definition) is 0. The van der Waals surface area contributed by atoms with Crippen molar-refractivity contribution in [2.24, 2.45) is 0 Å². The molecule has 0 unspecified atom stereocenters. The van der Waals surface area contributed by atoms with Gasteiger partial charge in [-0.05, 0) is 36.4 Å². The molecule has 2 aromatic rings. The highest BCUT2D eigenvalue weighted by Crippen LogP contribution is 2.30. The molecule has 200 valence electrons. The summed E-state index contributed by atoms with van der Waals surface area (Å²) in [6.45, 7) is 1.89. The predicted octanol–water partition coefficient (Wildman–Crippen LogP) is 4.23. The Morgan fingerprint density at radius 2 is 0.895 bits per heavy atom. The molecule has 0 bridgehead atoms. The second kappa shape index (κ2) is 14.3. The number of rotatable bonds is 10. The molecule has 1 fully saturated rings. The SMILES string of the molecule is COc1cccc(OC)c1C=CC=CC(=O)N1CCN(C(=O)C=CC=Cc2c(OC)cccc2OC)CC1. The third-order valence-electron chi connectivity index (χ3n) is 6.06. The van der Waals surface area contributed by atoms with Crippen LogP contribution < -0.4 is 18.9 Å². The molecular weight excluding hydrogens is 484 g/mol. The molecular formula is C30H34N2O6. The molecule has 0 aromatic heterocycles. The number of piperazine rings is 1. The van der Waals surface area contributed by atoms with Crippen LogP contribution in [0.25, 0.3) is 12.2 Å². The maximum atomic E-state index is 12.6. The smallest absolute Gasteiger partial charge is 0.246 e. The first-order chi connectivity index (χ1) is 18.5. The Morgan fingerprint density at radius 1 is 0.579 bits per heavy atom. The first kappa shape index (κ1) is 28.1. The molecule has 0 spiro atoms. The minimum Gasteiger partial charge on any atom is -0.496 e. The van der Waals surface area contributed by atoms with Crippen molar-refractivity contribution >= 4 is 24.0 Å². The van der Waals surface area contributed by atoms with Gasteiger partial charge in [-0.2, -0.15) is 0 Å². The van der Waals surface area contributed by atoms with E-state index in [0.717, 1.165) is 11.1 Å². The molecule has 0 atom stereocenters. The standard InChI is InChI=1S/C30H34N2O6/c1-35-25-13-9-14-26(36-2)23(25)11-5-7-17-29(33)31-19-21-32(22-20-31)30(34)18-8-6-12-24-27(37-3)15-10-16-28(24)38-4/h5-18H,19-22H2,1-4H3. The fourth-order valence-electron chi connectivity index (χ4n) is 4.03. The molecule has 1 aliphatic rings. The number of amides is 2. The Kier molecular flexibility index (Phi) is 10.6. The summed E-state index contributed by atoms with van der Waals surface area (Å²) in [5.41, 5.74) is 1.60. The van der Waals surface area contributed by atoms with Gasteiger partial charge in [0, 0.05) is 38.3 Å². The molecule has 1 heterocycles. The molecule has 0 aliphatic carbocycles. The molecule has 3 rings (SSSR count). The van der Waals surface area contributed by atoms with E-state index in [2.05, 4.69) is 0 Å². The Bertz CT molecular complexity index is 1080. The van der Waals surface area contributed by atoms with E-state index < -0.39 is 0 Å². The molecule has 1 aliphatic heterocycles. The van der Waals surface area contributed by atoms with Crippen molar-refractivity contribution in [2.75, 3.05) is 54.6 Å². The summed E-state index contributed by atoms with van der Waals surface area (Å²) in [5, 5.41) is 0. The number of carbonyl (C=O) groups excluding carboxylic acids is 2. The van der Waals surface area contributed by atoms with Gasteiger partial charge in [0.1, 0.15) is 23.0 Å². The van der Waals surface area contributed by atoms with Crippen molar-refractivity contribution in [1.82, 2.24) is 9.80 Å². The molecule has 38 heavy (non-hydrogen) atoms. The van der Waals surface area contributed by atoms with Gasteiger partial charge in [0.25, 0.3) is 0 Å². The van der Waals surface area contributed by atoms with Crippen LogP contribution in [0.5, 0.6) is 23.0 Å². The van der Waals surface area contributed by atoms with Gasteiger partial charge in [-0.15, -0.1) is 0 Å². The van der Waals surface area contributed by atoms with Gasteiger partial charge in [-0.1, -0.05) is 36.4 Å². The lowest BCUT2D eigenvalue weighted by Gasteiger charge is -2.33. The Morgan fingerprint density at radius 3 is 1.18 bits per heavy atom. The van der Waals surface area contributed by atoms with E-state index in [1.165, 1.54) is 12.2 Å². The van der Waals surface area contributed by atoms with E-state index in [-0.39, 0.29) is 11.8 Å². The minimum absolute atomic E-state index is 0.0991. The zero-order valence-electron chi connectivity index (χ0n) is 22.3. The van der Waals surface area contributed by atoms with Crippen LogP contribution in [0.3, 0.4) is 0 Å². The van der Waals surface area contributed by atoms with Crippen LogP contribution in [0.15, 0.2) is 72.9 Å². The normalized spacial score (nSPS) is 14.1. The third kappa shape index (κ3) is 7.29. The monoisotopic (exact) mass is 518 g/mol. The highest BCUT2D eigenvalue weighted by atomic mass is 16.5. The van der Waals surface area contributed by atoms with Crippen LogP contribution in [0.1, 0.15) is 11.1 Å². The summed E-state index contributed by atoms with van der Waals surface area (Å²) in [4.78, 5) is 28.6. The molecule has 1 saturated heterocycles. The first-order valence-electron chi connectivity index (χ1n) is 12.2. The van der Waals surface area contributed by atoms with Crippen LogP contribution in [-0.4, -0.2) is 76.2 Å². The fraction of sp³-hybridized carbons (Fsp3) is 0.267. The van der Waals surface area contributed by atoms with E-state index in [1.54, 1.807) is 62.5 Å².